The van der Waals surface area contributed by atoms with Crippen LogP contribution >= 0.6 is 11.3 Å². The van der Waals surface area contributed by atoms with Crippen LogP contribution in [0.15, 0.2) is 60.1 Å². The van der Waals surface area contributed by atoms with E-state index >= 15 is 0 Å². The average molecular weight is 418 g/mol. The second-order valence-electron chi connectivity index (χ2n) is 7.57. The molecule has 4 aromatic rings. The lowest BCUT2D eigenvalue weighted by Gasteiger charge is -2.34. The number of para-hydroxylation sites is 1. The molecule has 0 atom stereocenters. The Morgan fingerprint density at radius 3 is 2.63 bits per heavy atom. The van der Waals surface area contributed by atoms with Gasteiger partial charge in [0.1, 0.15) is 10.7 Å². The Hall–Kier alpha value is -3.03. The lowest BCUT2D eigenvalue weighted by molar-refractivity contribution is 0.0622. The number of rotatable bonds is 4. The minimum absolute atomic E-state index is 0.0220. The van der Waals surface area contributed by atoms with Gasteiger partial charge < -0.3 is 9.47 Å². The number of fused-ring (bicyclic) bond motifs is 1. The third-order valence-electron chi connectivity index (χ3n) is 5.67. The maximum absolute atomic E-state index is 13.0. The highest BCUT2D eigenvalue weighted by Gasteiger charge is 2.24. The first kappa shape index (κ1) is 19.0. The fourth-order valence-corrected chi connectivity index (χ4v) is 4.82. The fourth-order valence-electron chi connectivity index (χ4n) is 3.98. The zero-order valence-corrected chi connectivity index (χ0v) is 17.7. The Morgan fingerprint density at radius 2 is 1.87 bits per heavy atom. The van der Waals surface area contributed by atoms with Crippen LogP contribution < -0.4 is 0 Å². The van der Waals surface area contributed by atoms with Crippen LogP contribution in [0.1, 0.15) is 16.2 Å². The molecule has 6 nitrogen and oxygen atoms in total. The number of hydrogen-bond acceptors (Lipinski definition) is 5. The molecule has 0 saturated carbocycles. The number of amides is 1. The molecule has 1 aromatic carbocycles. The Balaban J connectivity index is 1.26. The third-order valence-corrected chi connectivity index (χ3v) is 6.53. The summed E-state index contributed by atoms with van der Waals surface area (Å²) in [5, 5.41) is 3.95. The maximum Gasteiger partial charge on any atom is 0.273 e. The van der Waals surface area contributed by atoms with Crippen LogP contribution in [0, 0.1) is 0 Å². The van der Waals surface area contributed by atoms with E-state index in [9.17, 15) is 4.79 Å². The summed E-state index contributed by atoms with van der Waals surface area (Å²) < 4.78 is 2.14. The van der Waals surface area contributed by atoms with Gasteiger partial charge in [-0.15, -0.1) is 11.3 Å². The predicted molar refractivity (Wildman–Crippen MR) is 119 cm³/mol. The highest BCUT2D eigenvalue weighted by molar-refractivity contribution is 7.13. The summed E-state index contributed by atoms with van der Waals surface area (Å²) >= 11 is 1.53. The number of aryl methyl sites for hydroxylation is 1. The first-order valence-electron chi connectivity index (χ1n) is 10.1. The third kappa shape index (κ3) is 3.62. The van der Waals surface area contributed by atoms with Gasteiger partial charge in [-0.05, 0) is 24.3 Å². The summed E-state index contributed by atoms with van der Waals surface area (Å²) in [5.74, 6) is 0.0220. The minimum atomic E-state index is 0.0220. The number of nitrogens with zero attached hydrogens (tertiary/aromatic N) is 5. The number of carbonyl (C=O) groups is 1. The average Bonchev–Trinajstić information content (AvgIpc) is 3.40. The largest absolute Gasteiger partial charge is 0.342 e. The molecule has 0 spiro atoms. The van der Waals surface area contributed by atoms with Crippen molar-refractivity contribution in [1.82, 2.24) is 24.3 Å². The summed E-state index contributed by atoms with van der Waals surface area (Å²) in [6.45, 7) is 3.95. The zero-order valence-electron chi connectivity index (χ0n) is 16.9. The first-order valence-corrected chi connectivity index (χ1v) is 11.0. The van der Waals surface area contributed by atoms with Crippen molar-refractivity contribution in [3.8, 4) is 10.7 Å². The van der Waals surface area contributed by atoms with E-state index in [0.29, 0.717) is 18.8 Å². The number of hydrogen-bond donors (Lipinski definition) is 0. The highest BCUT2D eigenvalue weighted by Crippen LogP contribution is 2.29. The van der Waals surface area contributed by atoms with Crippen LogP contribution in [0.2, 0.25) is 0 Å². The van der Waals surface area contributed by atoms with Gasteiger partial charge in [0.25, 0.3) is 5.91 Å². The van der Waals surface area contributed by atoms with E-state index in [2.05, 4.69) is 37.6 Å². The summed E-state index contributed by atoms with van der Waals surface area (Å²) in [5.41, 5.74) is 3.81. The van der Waals surface area contributed by atoms with Crippen molar-refractivity contribution in [3.63, 3.8) is 0 Å². The van der Waals surface area contributed by atoms with E-state index < -0.39 is 0 Å². The molecule has 0 radical (unpaired) electrons. The summed E-state index contributed by atoms with van der Waals surface area (Å²) in [7, 11) is 2.04. The van der Waals surface area contributed by atoms with Crippen LogP contribution in [-0.4, -0.2) is 56.4 Å². The van der Waals surface area contributed by atoms with Crippen LogP contribution in [-0.2, 0) is 13.6 Å². The molecule has 0 aliphatic carbocycles. The highest BCUT2D eigenvalue weighted by atomic mass is 32.1. The van der Waals surface area contributed by atoms with Crippen molar-refractivity contribution in [3.05, 3.63) is 71.5 Å². The predicted octanol–water partition coefficient (Wildman–Crippen LogP) is 3.65. The number of aromatic nitrogens is 3. The summed E-state index contributed by atoms with van der Waals surface area (Å²) in [6.07, 6.45) is 1.82. The Labute approximate surface area is 179 Å². The van der Waals surface area contributed by atoms with Crippen LogP contribution in [0.5, 0.6) is 0 Å². The molecule has 1 aliphatic heterocycles. The number of piperazine rings is 1. The zero-order chi connectivity index (χ0) is 20.5. The Bertz CT molecular complexity index is 1170. The van der Waals surface area contributed by atoms with Crippen LogP contribution in [0.25, 0.3) is 21.6 Å². The van der Waals surface area contributed by atoms with E-state index in [-0.39, 0.29) is 5.91 Å². The van der Waals surface area contributed by atoms with Crippen LogP contribution in [0.3, 0.4) is 0 Å². The van der Waals surface area contributed by atoms with Gasteiger partial charge in [-0.1, -0.05) is 24.3 Å². The Kier molecular flexibility index (Phi) is 5.06. The molecule has 1 fully saturated rings. The number of thiazole rings is 1. The van der Waals surface area contributed by atoms with E-state index in [1.54, 1.807) is 0 Å². The first-order chi connectivity index (χ1) is 14.7. The quantitative estimate of drug-likeness (QED) is 0.509. The SMILES string of the molecule is Cn1c(-c2nc(C(=O)N3CCN(Cc4ccccn4)CC3)cs2)cc2ccccc21. The van der Waals surface area contributed by atoms with Gasteiger partial charge >= 0.3 is 0 Å². The molecule has 0 unspecified atom stereocenters. The van der Waals surface area contributed by atoms with Gasteiger partial charge in [0.05, 0.1) is 11.4 Å². The molecule has 5 rings (SSSR count). The molecule has 7 heteroatoms. The van der Waals surface area contributed by atoms with E-state index in [4.69, 9.17) is 0 Å². The molecule has 0 bridgehead atoms. The molecule has 3 aromatic heterocycles. The van der Waals surface area contributed by atoms with Crippen molar-refractivity contribution in [2.75, 3.05) is 26.2 Å². The maximum atomic E-state index is 13.0. The van der Waals surface area contributed by atoms with Crippen molar-refractivity contribution in [1.29, 1.82) is 0 Å². The van der Waals surface area contributed by atoms with E-state index in [0.717, 1.165) is 36.0 Å². The molecule has 4 heterocycles. The van der Waals surface area contributed by atoms with Gasteiger partial charge in [0.15, 0.2) is 0 Å². The topological polar surface area (TPSA) is 54.3 Å². The number of carbonyl (C=O) groups excluding carboxylic acids is 1. The molecule has 30 heavy (non-hydrogen) atoms. The van der Waals surface area contributed by atoms with Gasteiger partial charge in [-0.3, -0.25) is 14.7 Å². The monoisotopic (exact) mass is 417 g/mol. The van der Waals surface area contributed by atoms with Crippen molar-refractivity contribution < 1.29 is 4.79 Å². The van der Waals surface area contributed by atoms with Gasteiger partial charge in [0.2, 0.25) is 0 Å². The van der Waals surface area contributed by atoms with Gasteiger partial charge in [-0.25, -0.2) is 4.98 Å². The number of benzene rings is 1. The van der Waals surface area contributed by atoms with E-state index in [1.165, 1.54) is 22.2 Å². The molecular weight excluding hydrogens is 394 g/mol. The van der Waals surface area contributed by atoms with E-state index in [1.807, 2.05) is 53.9 Å². The normalized spacial score (nSPS) is 15.0. The van der Waals surface area contributed by atoms with Crippen molar-refractivity contribution in [2.45, 2.75) is 6.54 Å². The minimum Gasteiger partial charge on any atom is -0.342 e. The fraction of sp³-hybridized carbons (Fsp3) is 0.261. The number of pyridine rings is 1. The molecule has 1 aliphatic rings. The molecular formula is C23H23N5OS. The summed E-state index contributed by atoms with van der Waals surface area (Å²) in [6, 6.07) is 16.4. The van der Waals surface area contributed by atoms with Gasteiger partial charge in [-0.2, -0.15) is 0 Å². The standard InChI is InChI=1S/C23H23N5OS/c1-26-20-8-3-2-6-17(20)14-21(26)22-25-19(16-30-22)23(29)28-12-10-27(11-13-28)15-18-7-4-5-9-24-18/h2-9,14,16H,10-13,15H2,1H3. The second kappa shape index (κ2) is 8.01. The second-order valence-corrected chi connectivity index (χ2v) is 8.43. The van der Waals surface area contributed by atoms with Crippen molar-refractivity contribution in [2.24, 2.45) is 7.05 Å². The molecule has 1 saturated heterocycles. The molecule has 152 valence electrons. The van der Waals surface area contributed by atoms with Gasteiger partial charge in [0, 0.05) is 62.3 Å². The molecule has 1 amide bonds. The smallest absolute Gasteiger partial charge is 0.273 e. The van der Waals surface area contributed by atoms with Crippen LogP contribution in [0.4, 0.5) is 0 Å². The lowest BCUT2D eigenvalue weighted by atomic mass is 10.2. The summed E-state index contributed by atoms with van der Waals surface area (Å²) in [4.78, 5) is 26.3. The lowest BCUT2D eigenvalue weighted by Crippen LogP contribution is -2.48. The molecule has 0 N–H and O–H groups in total. The van der Waals surface area contributed by atoms with Crippen molar-refractivity contribution >= 4 is 28.1 Å². The Morgan fingerprint density at radius 1 is 1.07 bits per heavy atom.